The SMILES string of the molecule is c1ccc(-n2c3ccccc3c3cc(-c4ccc(C5Nc6c(ccc7oc8ccc(-c9ccc%10c(ccc%11ccccc%11%10)c9)cc8c67)O5)cc4)ccc32)cc1. The molecule has 1 N–H and O–H groups in total. The summed E-state index contributed by atoms with van der Waals surface area (Å²) < 4.78 is 15.3. The van der Waals surface area contributed by atoms with Crippen molar-refractivity contribution in [2.24, 2.45) is 0 Å². The maximum absolute atomic E-state index is 6.56. The molecule has 1 aliphatic heterocycles. The lowest BCUT2D eigenvalue weighted by molar-refractivity contribution is 0.260. The van der Waals surface area contributed by atoms with E-state index >= 15 is 0 Å². The first-order chi connectivity index (χ1) is 27.2. The van der Waals surface area contributed by atoms with Gasteiger partial charge in [-0.15, -0.1) is 0 Å². The fourth-order valence-electron chi connectivity index (χ4n) is 8.76. The molecule has 3 heterocycles. The van der Waals surface area contributed by atoms with E-state index in [4.69, 9.17) is 9.15 Å². The van der Waals surface area contributed by atoms with Gasteiger partial charge in [0.1, 0.15) is 16.9 Å². The first kappa shape index (κ1) is 30.2. The summed E-state index contributed by atoms with van der Waals surface area (Å²) in [5.41, 5.74) is 12.0. The lowest BCUT2D eigenvalue weighted by atomic mass is 9.96. The smallest absolute Gasteiger partial charge is 0.196 e. The summed E-state index contributed by atoms with van der Waals surface area (Å²) in [6, 6.07) is 65.1. The van der Waals surface area contributed by atoms with Gasteiger partial charge in [0.2, 0.25) is 0 Å². The summed E-state index contributed by atoms with van der Waals surface area (Å²) in [4.78, 5) is 0. The number of fused-ring (bicyclic) bond motifs is 11. The maximum Gasteiger partial charge on any atom is 0.196 e. The van der Waals surface area contributed by atoms with E-state index in [1.165, 1.54) is 54.5 Å². The molecule has 0 spiro atoms. The van der Waals surface area contributed by atoms with Gasteiger partial charge in [0, 0.05) is 27.4 Å². The summed E-state index contributed by atoms with van der Waals surface area (Å²) in [7, 11) is 0. The average Bonchev–Trinajstić information content (AvgIpc) is 3.95. The Morgan fingerprint density at radius 3 is 2.00 bits per heavy atom. The molecule has 0 bridgehead atoms. The first-order valence-electron chi connectivity index (χ1n) is 18.8. The first-order valence-corrected chi connectivity index (χ1v) is 18.8. The van der Waals surface area contributed by atoms with Crippen LogP contribution < -0.4 is 10.1 Å². The van der Waals surface area contributed by atoms with Gasteiger partial charge < -0.3 is 19.0 Å². The summed E-state index contributed by atoms with van der Waals surface area (Å²) in [6.07, 6.45) is -0.315. The van der Waals surface area contributed by atoms with Crippen LogP contribution in [0.5, 0.6) is 5.75 Å². The number of hydrogen-bond donors (Lipinski definition) is 1. The van der Waals surface area contributed by atoms with Crippen molar-refractivity contribution in [3.63, 3.8) is 0 Å². The van der Waals surface area contributed by atoms with Gasteiger partial charge in [0.05, 0.1) is 22.1 Å². The van der Waals surface area contributed by atoms with Crippen molar-refractivity contribution < 1.29 is 9.15 Å². The molecule has 0 aliphatic carbocycles. The third-order valence-corrected chi connectivity index (χ3v) is 11.4. The van der Waals surface area contributed by atoms with Crippen molar-refractivity contribution in [2.45, 2.75) is 6.23 Å². The van der Waals surface area contributed by atoms with Crippen LogP contribution in [0.15, 0.2) is 186 Å². The zero-order valence-electron chi connectivity index (χ0n) is 29.7. The van der Waals surface area contributed by atoms with Crippen molar-refractivity contribution in [2.75, 3.05) is 5.32 Å². The van der Waals surface area contributed by atoms with Crippen LogP contribution in [0.3, 0.4) is 0 Å². The summed E-state index contributed by atoms with van der Waals surface area (Å²) in [6.45, 7) is 0. The molecular weight excluding hydrogens is 673 g/mol. The molecule has 2 aromatic heterocycles. The minimum absolute atomic E-state index is 0.315. The van der Waals surface area contributed by atoms with Crippen LogP contribution in [-0.4, -0.2) is 4.57 Å². The highest BCUT2D eigenvalue weighted by Crippen LogP contribution is 2.47. The number of rotatable bonds is 4. The molecule has 1 unspecified atom stereocenters. The molecule has 4 nitrogen and oxygen atoms in total. The Hall–Kier alpha value is -7.30. The van der Waals surface area contributed by atoms with Crippen molar-refractivity contribution in [1.29, 1.82) is 0 Å². The number of para-hydroxylation sites is 2. The van der Waals surface area contributed by atoms with Gasteiger partial charge >= 0.3 is 0 Å². The van der Waals surface area contributed by atoms with Crippen LogP contribution in [0.1, 0.15) is 11.8 Å². The normalized spacial score (nSPS) is 13.9. The topological polar surface area (TPSA) is 39.3 Å². The number of furan rings is 1. The Morgan fingerprint density at radius 2 is 1.09 bits per heavy atom. The Bertz CT molecular complexity index is 3320. The molecule has 12 rings (SSSR count). The van der Waals surface area contributed by atoms with E-state index in [9.17, 15) is 0 Å². The summed E-state index contributed by atoms with van der Waals surface area (Å²) in [5.74, 6) is 0.826. The van der Waals surface area contributed by atoms with E-state index in [1.807, 2.05) is 12.1 Å². The monoisotopic (exact) mass is 704 g/mol. The molecule has 0 saturated heterocycles. The van der Waals surface area contributed by atoms with Crippen LogP contribution in [0, 0.1) is 0 Å². The van der Waals surface area contributed by atoms with Crippen molar-refractivity contribution in [1.82, 2.24) is 4.57 Å². The number of hydrogen-bond acceptors (Lipinski definition) is 3. The molecule has 258 valence electrons. The van der Waals surface area contributed by atoms with E-state index < -0.39 is 0 Å². The molecule has 0 saturated carbocycles. The highest BCUT2D eigenvalue weighted by atomic mass is 16.5. The number of ether oxygens (including phenoxy) is 1. The van der Waals surface area contributed by atoms with Crippen molar-refractivity contribution >= 4 is 71.0 Å². The summed E-state index contributed by atoms with van der Waals surface area (Å²) >= 11 is 0. The fourth-order valence-corrected chi connectivity index (χ4v) is 8.76. The van der Waals surface area contributed by atoms with Gasteiger partial charge in [0.25, 0.3) is 0 Å². The minimum Gasteiger partial charge on any atom is -0.464 e. The predicted molar refractivity (Wildman–Crippen MR) is 227 cm³/mol. The quantitative estimate of drug-likeness (QED) is 0.185. The second kappa shape index (κ2) is 11.6. The maximum atomic E-state index is 6.56. The van der Waals surface area contributed by atoms with E-state index in [-0.39, 0.29) is 6.23 Å². The third kappa shape index (κ3) is 4.65. The molecule has 9 aromatic carbocycles. The Labute approximate surface area is 316 Å². The molecule has 1 atom stereocenters. The number of benzene rings is 9. The van der Waals surface area contributed by atoms with Gasteiger partial charge in [-0.05, 0) is 104 Å². The third-order valence-electron chi connectivity index (χ3n) is 11.4. The minimum atomic E-state index is -0.315. The summed E-state index contributed by atoms with van der Waals surface area (Å²) in [5, 5.41) is 13.3. The van der Waals surface area contributed by atoms with Crippen LogP contribution in [-0.2, 0) is 0 Å². The lowest BCUT2D eigenvalue weighted by Crippen LogP contribution is -2.09. The second-order valence-electron chi connectivity index (χ2n) is 14.5. The number of nitrogens with zero attached hydrogens (tertiary/aromatic N) is 1. The lowest BCUT2D eigenvalue weighted by Gasteiger charge is -2.13. The molecule has 0 fully saturated rings. The van der Waals surface area contributed by atoms with Crippen LogP contribution in [0.2, 0.25) is 0 Å². The molecule has 4 heteroatoms. The average molecular weight is 705 g/mol. The molecule has 0 amide bonds. The molecule has 55 heavy (non-hydrogen) atoms. The van der Waals surface area contributed by atoms with E-state index in [1.54, 1.807) is 0 Å². The highest BCUT2D eigenvalue weighted by molar-refractivity contribution is 6.15. The van der Waals surface area contributed by atoms with Crippen molar-refractivity contribution in [3.8, 4) is 33.7 Å². The number of nitrogens with one attached hydrogen (secondary N) is 1. The van der Waals surface area contributed by atoms with Crippen LogP contribution in [0.4, 0.5) is 5.69 Å². The van der Waals surface area contributed by atoms with Gasteiger partial charge in [0.15, 0.2) is 6.23 Å². The number of aromatic nitrogens is 1. The van der Waals surface area contributed by atoms with Gasteiger partial charge in [-0.1, -0.05) is 121 Å². The van der Waals surface area contributed by atoms with E-state index in [2.05, 4.69) is 180 Å². The highest BCUT2D eigenvalue weighted by Gasteiger charge is 2.28. The zero-order chi connectivity index (χ0) is 36.0. The Balaban J connectivity index is 0.872. The largest absolute Gasteiger partial charge is 0.464 e. The zero-order valence-corrected chi connectivity index (χ0v) is 29.7. The van der Waals surface area contributed by atoms with Gasteiger partial charge in [-0.2, -0.15) is 0 Å². The Morgan fingerprint density at radius 1 is 0.436 bits per heavy atom. The molecule has 11 aromatic rings. The molecule has 0 radical (unpaired) electrons. The number of anilines is 1. The molecule has 1 aliphatic rings. The van der Waals surface area contributed by atoms with Gasteiger partial charge in [-0.3, -0.25) is 0 Å². The Kier molecular flexibility index (Phi) is 6.37. The second-order valence-corrected chi connectivity index (χ2v) is 14.5. The van der Waals surface area contributed by atoms with Crippen molar-refractivity contribution in [3.05, 3.63) is 188 Å². The van der Waals surface area contributed by atoms with Crippen LogP contribution >= 0.6 is 0 Å². The predicted octanol–water partition coefficient (Wildman–Crippen LogP) is 13.8. The van der Waals surface area contributed by atoms with E-state index in [0.29, 0.717) is 0 Å². The van der Waals surface area contributed by atoms with Gasteiger partial charge in [-0.25, -0.2) is 0 Å². The fraction of sp³-hybridized carbons (Fsp3) is 0.0196. The standard InChI is InChI=1S/C51H32N2O2/c1-2-9-38(10-3-1)53-44-13-7-6-12-41(44)42-29-35(21-24-45(42)53)31-14-17-33(18-15-31)51-52-50-48(55-51)27-26-47-49(50)43-30-36(22-25-46(43)54-47)34-20-23-40-37(28-34)19-16-32-8-4-5-11-39(32)40/h1-30,51-52H. The molecular formula is C51H32N2O2. The van der Waals surface area contributed by atoms with E-state index in [0.717, 1.165) is 55.8 Å². The van der Waals surface area contributed by atoms with Crippen LogP contribution in [0.25, 0.3) is 93.2 Å².